The highest BCUT2D eigenvalue weighted by Gasteiger charge is 2.03. The molecule has 0 rings (SSSR count). The zero-order valence-electron chi connectivity index (χ0n) is 12.3. The predicted molar refractivity (Wildman–Crippen MR) is 74.0 cm³/mol. The van der Waals surface area contributed by atoms with E-state index in [1.165, 1.54) is 0 Å². The van der Waals surface area contributed by atoms with Gasteiger partial charge in [-0.05, 0) is 47.5 Å². The van der Waals surface area contributed by atoms with Gasteiger partial charge in [-0.15, -0.1) is 0 Å². The first kappa shape index (κ1) is 17.8. The van der Waals surface area contributed by atoms with Crippen LogP contribution in [0.1, 0.15) is 20.3 Å². The van der Waals surface area contributed by atoms with Crippen LogP contribution in [-0.4, -0.2) is 75.8 Å². The van der Waals surface area contributed by atoms with Crippen LogP contribution in [0.25, 0.3) is 0 Å². The molecule has 0 aromatic rings. The molecule has 0 aliphatic heterocycles. The monoisotopic (exact) mass is 262 g/mol. The summed E-state index contributed by atoms with van der Waals surface area (Å²) in [7, 11) is 4.11. The van der Waals surface area contributed by atoms with Crippen molar-refractivity contribution in [2.24, 2.45) is 0 Å². The van der Waals surface area contributed by atoms with Gasteiger partial charge in [-0.2, -0.15) is 0 Å². The third-order valence-electron chi connectivity index (χ3n) is 2.33. The number of aliphatic hydroxyl groups excluding tert-OH is 1. The molecule has 0 spiro atoms. The molecule has 1 unspecified atom stereocenters. The highest BCUT2D eigenvalue weighted by atomic mass is 16.5. The van der Waals surface area contributed by atoms with E-state index in [1.54, 1.807) is 0 Å². The van der Waals surface area contributed by atoms with Gasteiger partial charge in [-0.25, -0.2) is 0 Å². The number of ether oxygens (including phenoxy) is 2. The fourth-order valence-corrected chi connectivity index (χ4v) is 1.41. The van der Waals surface area contributed by atoms with Crippen molar-refractivity contribution >= 4 is 0 Å². The van der Waals surface area contributed by atoms with Gasteiger partial charge in [-0.3, -0.25) is 0 Å². The molecule has 18 heavy (non-hydrogen) atoms. The number of nitrogens with zero attached hydrogens (tertiary/aromatic N) is 1. The minimum Gasteiger partial charge on any atom is -0.389 e. The first-order chi connectivity index (χ1) is 8.52. The Morgan fingerprint density at radius 3 is 2.56 bits per heavy atom. The van der Waals surface area contributed by atoms with Crippen LogP contribution in [0.4, 0.5) is 0 Å². The van der Waals surface area contributed by atoms with Crippen LogP contribution in [0.5, 0.6) is 0 Å². The smallest absolute Gasteiger partial charge is 0.0897 e. The van der Waals surface area contributed by atoms with E-state index >= 15 is 0 Å². The van der Waals surface area contributed by atoms with E-state index in [0.29, 0.717) is 26.4 Å². The predicted octanol–water partition coefficient (Wildman–Crippen LogP) is 0.330. The quantitative estimate of drug-likeness (QED) is 0.497. The molecule has 1 atom stereocenters. The molecule has 0 saturated carbocycles. The first-order valence-corrected chi connectivity index (χ1v) is 6.75. The van der Waals surface area contributed by atoms with Gasteiger partial charge in [0.25, 0.3) is 0 Å². The van der Waals surface area contributed by atoms with E-state index in [4.69, 9.17) is 9.47 Å². The van der Waals surface area contributed by atoms with Gasteiger partial charge < -0.3 is 24.8 Å². The lowest BCUT2D eigenvalue weighted by Gasteiger charge is -2.14. The Labute approximate surface area is 111 Å². The van der Waals surface area contributed by atoms with Crippen LogP contribution >= 0.6 is 0 Å². The zero-order chi connectivity index (χ0) is 13.8. The SMILES string of the molecule is CC(C)OCCOCC(O)CNCCCN(C)C. The van der Waals surface area contributed by atoms with Gasteiger partial charge >= 0.3 is 0 Å². The van der Waals surface area contributed by atoms with E-state index < -0.39 is 6.10 Å². The number of aliphatic hydroxyl groups is 1. The first-order valence-electron chi connectivity index (χ1n) is 6.75. The van der Waals surface area contributed by atoms with Crippen LogP contribution in [0.15, 0.2) is 0 Å². The summed E-state index contributed by atoms with van der Waals surface area (Å²) < 4.78 is 10.7. The molecule has 0 aromatic carbocycles. The van der Waals surface area contributed by atoms with Crippen molar-refractivity contribution in [3.05, 3.63) is 0 Å². The highest BCUT2D eigenvalue weighted by Crippen LogP contribution is 1.89. The number of hydrogen-bond acceptors (Lipinski definition) is 5. The molecule has 2 N–H and O–H groups in total. The molecule has 0 radical (unpaired) electrons. The molecule has 0 aliphatic carbocycles. The summed E-state index contributed by atoms with van der Waals surface area (Å²) in [4.78, 5) is 2.15. The van der Waals surface area contributed by atoms with Crippen molar-refractivity contribution in [2.45, 2.75) is 32.5 Å². The van der Waals surface area contributed by atoms with Crippen molar-refractivity contribution in [3.63, 3.8) is 0 Å². The molecule has 0 aliphatic rings. The number of nitrogens with one attached hydrogen (secondary N) is 1. The van der Waals surface area contributed by atoms with Gasteiger partial charge in [0.1, 0.15) is 0 Å². The average Bonchev–Trinajstić information content (AvgIpc) is 2.27. The van der Waals surface area contributed by atoms with Gasteiger partial charge in [0.15, 0.2) is 0 Å². The minimum absolute atomic E-state index is 0.233. The lowest BCUT2D eigenvalue weighted by atomic mass is 10.3. The number of rotatable bonds is 12. The summed E-state index contributed by atoms with van der Waals surface area (Å²) in [5, 5.41) is 12.8. The fourth-order valence-electron chi connectivity index (χ4n) is 1.41. The molecule has 0 saturated heterocycles. The standard InChI is InChI=1S/C13H30N2O3/c1-12(2)18-9-8-17-11-13(16)10-14-6-5-7-15(3)4/h12-14,16H,5-11H2,1-4H3. The molecule has 0 bridgehead atoms. The highest BCUT2D eigenvalue weighted by molar-refractivity contribution is 4.59. The summed E-state index contributed by atoms with van der Waals surface area (Å²) in [6, 6.07) is 0. The molecule has 0 aromatic heterocycles. The molecule has 0 heterocycles. The molecule has 0 amide bonds. The Morgan fingerprint density at radius 2 is 1.94 bits per heavy atom. The second-order valence-corrected chi connectivity index (χ2v) is 5.01. The van der Waals surface area contributed by atoms with Crippen LogP contribution in [0.3, 0.4) is 0 Å². The Kier molecular flexibility index (Phi) is 11.7. The Morgan fingerprint density at radius 1 is 1.22 bits per heavy atom. The van der Waals surface area contributed by atoms with Crippen molar-refractivity contribution in [2.75, 3.05) is 53.6 Å². The van der Waals surface area contributed by atoms with Gasteiger partial charge in [0.05, 0.1) is 32.0 Å². The molecule has 110 valence electrons. The second-order valence-electron chi connectivity index (χ2n) is 5.01. The maximum Gasteiger partial charge on any atom is 0.0897 e. The summed E-state index contributed by atoms with van der Waals surface area (Å²) in [5.74, 6) is 0. The minimum atomic E-state index is -0.441. The third kappa shape index (κ3) is 13.9. The molecular weight excluding hydrogens is 232 g/mol. The lowest BCUT2D eigenvalue weighted by Crippen LogP contribution is -2.32. The molecule has 5 nitrogen and oxygen atoms in total. The van der Waals surface area contributed by atoms with Crippen molar-refractivity contribution in [3.8, 4) is 0 Å². The molecule has 0 fully saturated rings. The number of hydrogen-bond donors (Lipinski definition) is 2. The van der Waals surface area contributed by atoms with Crippen molar-refractivity contribution in [1.82, 2.24) is 10.2 Å². The van der Waals surface area contributed by atoms with Gasteiger partial charge in [0.2, 0.25) is 0 Å². The lowest BCUT2D eigenvalue weighted by molar-refractivity contribution is -0.00993. The Bertz CT molecular complexity index is 160. The molecule has 5 heteroatoms. The van der Waals surface area contributed by atoms with Crippen LogP contribution in [0, 0.1) is 0 Å². The summed E-state index contributed by atoms with van der Waals surface area (Å²) in [5.41, 5.74) is 0. The summed E-state index contributed by atoms with van der Waals surface area (Å²) in [6.45, 7) is 8.04. The van der Waals surface area contributed by atoms with Crippen molar-refractivity contribution in [1.29, 1.82) is 0 Å². The largest absolute Gasteiger partial charge is 0.389 e. The Hall–Kier alpha value is -0.200. The Balaban J connectivity index is 3.19. The third-order valence-corrected chi connectivity index (χ3v) is 2.33. The topological polar surface area (TPSA) is 54.0 Å². The van der Waals surface area contributed by atoms with Crippen LogP contribution in [0.2, 0.25) is 0 Å². The maximum atomic E-state index is 9.63. The van der Waals surface area contributed by atoms with E-state index in [1.807, 2.05) is 13.8 Å². The van der Waals surface area contributed by atoms with E-state index in [0.717, 1.165) is 19.5 Å². The second kappa shape index (κ2) is 11.9. The van der Waals surface area contributed by atoms with Gasteiger partial charge in [-0.1, -0.05) is 0 Å². The normalized spacial score (nSPS) is 13.5. The fraction of sp³-hybridized carbons (Fsp3) is 1.00. The average molecular weight is 262 g/mol. The van der Waals surface area contributed by atoms with Gasteiger partial charge in [0, 0.05) is 6.54 Å². The summed E-state index contributed by atoms with van der Waals surface area (Å²) >= 11 is 0. The van der Waals surface area contributed by atoms with E-state index in [2.05, 4.69) is 24.3 Å². The maximum absolute atomic E-state index is 9.63. The van der Waals surface area contributed by atoms with Crippen LogP contribution in [-0.2, 0) is 9.47 Å². The van der Waals surface area contributed by atoms with E-state index in [-0.39, 0.29) is 6.10 Å². The summed E-state index contributed by atoms with van der Waals surface area (Å²) in [6.07, 6.45) is 0.878. The molecular formula is C13H30N2O3. The van der Waals surface area contributed by atoms with Crippen LogP contribution < -0.4 is 5.32 Å². The van der Waals surface area contributed by atoms with E-state index in [9.17, 15) is 5.11 Å². The zero-order valence-corrected chi connectivity index (χ0v) is 12.3. The van der Waals surface area contributed by atoms with Crippen molar-refractivity contribution < 1.29 is 14.6 Å².